The fourth-order valence-electron chi connectivity index (χ4n) is 2.70. The Kier molecular flexibility index (Phi) is 5.79. The molecule has 2 amide bonds. The number of ether oxygens (including phenoxy) is 1. The van der Waals surface area contributed by atoms with Gasteiger partial charge < -0.3 is 20.7 Å². The molecule has 6 nitrogen and oxygen atoms in total. The van der Waals surface area contributed by atoms with Crippen molar-refractivity contribution in [2.75, 3.05) is 26.3 Å². The van der Waals surface area contributed by atoms with Crippen molar-refractivity contribution in [3.05, 3.63) is 0 Å². The second kappa shape index (κ2) is 7.59. The Morgan fingerprint density at radius 2 is 2.25 bits per heavy atom. The SMILES string of the molecule is CCCNC1COCC1C(=O)NC1CCCCNC1=O. The molecule has 20 heavy (non-hydrogen) atoms. The number of hydrogen-bond donors (Lipinski definition) is 3. The first kappa shape index (κ1) is 15.3. The molecule has 2 aliphatic rings. The summed E-state index contributed by atoms with van der Waals surface area (Å²) in [7, 11) is 0. The van der Waals surface area contributed by atoms with Gasteiger partial charge in [0, 0.05) is 12.6 Å². The minimum Gasteiger partial charge on any atom is -0.379 e. The number of rotatable bonds is 5. The summed E-state index contributed by atoms with van der Waals surface area (Å²) in [6.07, 6.45) is 3.68. The van der Waals surface area contributed by atoms with Gasteiger partial charge in [-0.3, -0.25) is 9.59 Å². The largest absolute Gasteiger partial charge is 0.379 e. The molecule has 3 N–H and O–H groups in total. The Bertz CT molecular complexity index is 349. The molecule has 0 spiro atoms. The standard InChI is InChI=1S/C14H25N3O3/c1-2-6-15-12-9-20-8-10(12)13(18)17-11-5-3-4-7-16-14(11)19/h10-12,15H,2-9H2,1H3,(H,16,19)(H,17,18). The van der Waals surface area contributed by atoms with E-state index in [2.05, 4.69) is 22.9 Å². The van der Waals surface area contributed by atoms with Crippen LogP contribution in [0.2, 0.25) is 0 Å². The van der Waals surface area contributed by atoms with Crippen molar-refractivity contribution in [3.63, 3.8) is 0 Å². The fourth-order valence-corrected chi connectivity index (χ4v) is 2.70. The molecule has 2 heterocycles. The zero-order valence-corrected chi connectivity index (χ0v) is 12.1. The molecule has 0 saturated carbocycles. The molecule has 0 aliphatic carbocycles. The molecular formula is C14H25N3O3. The molecule has 2 rings (SSSR count). The first-order valence-corrected chi connectivity index (χ1v) is 7.61. The van der Waals surface area contributed by atoms with E-state index in [0.717, 1.165) is 32.2 Å². The van der Waals surface area contributed by atoms with Crippen LogP contribution in [0.4, 0.5) is 0 Å². The van der Waals surface area contributed by atoms with E-state index in [-0.39, 0.29) is 23.8 Å². The third-order valence-electron chi connectivity index (χ3n) is 3.93. The van der Waals surface area contributed by atoms with Gasteiger partial charge in [-0.1, -0.05) is 6.92 Å². The van der Waals surface area contributed by atoms with E-state index in [4.69, 9.17) is 4.74 Å². The van der Waals surface area contributed by atoms with Crippen LogP contribution in [-0.2, 0) is 14.3 Å². The van der Waals surface area contributed by atoms with E-state index in [9.17, 15) is 9.59 Å². The van der Waals surface area contributed by atoms with Gasteiger partial charge in [-0.05, 0) is 32.2 Å². The van der Waals surface area contributed by atoms with Crippen LogP contribution in [0.1, 0.15) is 32.6 Å². The topological polar surface area (TPSA) is 79.5 Å². The molecule has 2 aliphatic heterocycles. The molecule has 3 atom stereocenters. The molecule has 114 valence electrons. The van der Waals surface area contributed by atoms with Crippen LogP contribution in [0.25, 0.3) is 0 Å². The number of hydrogen-bond acceptors (Lipinski definition) is 4. The molecule has 0 aromatic heterocycles. The zero-order chi connectivity index (χ0) is 14.4. The minimum atomic E-state index is -0.391. The van der Waals surface area contributed by atoms with Crippen LogP contribution in [0.3, 0.4) is 0 Å². The first-order valence-electron chi connectivity index (χ1n) is 7.61. The molecule has 0 bridgehead atoms. The highest BCUT2D eigenvalue weighted by atomic mass is 16.5. The quantitative estimate of drug-likeness (QED) is 0.652. The molecule has 2 saturated heterocycles. The summed E-state index contributed by atoms with van der Waals surface area (Å²) in [5, 5.41) is 9.06. The second-order valence-electron chi connectivity index (χ2n) is 5.55. The van der Waals surface area contributed by atoms with E-state index in [0.29, 0.717) is 19.8 Å². The summed E-state index contributed by atoms with van der Waals surface area (Å²) < 4.78 is 5.40. The summed E-state index contributed by atoms with van der Waals surface area (Å²) in [5.74, 6) is -0.330. The third kappa shape index (κ3) is 3.93. The Morgan fingerprint density at radius 1 is 1.40 bits per heavy atom. The molecule has 0 aromatic carbocycles. The lowest BCUT2D eigenvalue weighted by Gasteiger charge is -2.21. The average Bonchev–Trinajstić information content (AvgIpc) is 2.82. The zero-order valence-electron chi connectivity index (χ0n) is 12.1. The van der Waals surface area contributed by atoms with Gasteiger partial charge in [-0.15, -0.1) is 0 Å². The number of nitrogens with one attached hydrogen (secondary N) is 3. The van der Waals surface area contributed by atoms with Crippen molar-refractivity contribution in [1.29, 1.82) is 0 Å². The van der Waals surface area contributed by atoms with Crippen LogP contribution in [0, 0.1) is 5.92 Å². The molecule has 3 unspecified atom stereocenters. The van der Waals surface area contributed by atoms with E-state index in [1.54, 1.807) is 0 Å². The van der Waals surface area contributed by atoms with Crippen LogP contribution in [0.5, 0.6) is 0 Å². The highest BCUT2D eigenvalue weighted by Crippen LogP contribution is 2.15. The van der Waals surface area contributed by atoms with E-state index in [1.165, 1.54) is 0 Å². The van der Waals surface area contributed by atoms with Crippen molar-refractivity contribution >= 4 is 11.8 Å². The molecule has 2 fully saturated rings. The summed E-state index contributed by atoms with van der Waals surface area (Å²) >= 11 is 0. The van der Waals surface area contributed by atoms with Gasteiger partial charge in [-0.2, -0.15) is 0 Å². The van der Waals surface area contributed by atoms with Gasteiger partial charge in [0.1, 0.15) is 6.04 Å². The van der Waals surface area contributed by atoms with Crippen LogP contribution >= 0.6 is 0 Å². The monoisotopic (exact) mass is 283 g/mol. The maximum Gasteiger partial charge on any atom is 0.242 e. The lowest BCUT2D eigenvalue weighted by atomic mass is 10.0. The maximum absolute atomic E-state index is 12.3. The Morgan fingerprint density at radius 3 is 3.05 bits per heavy atom. The van der Waals surface area contributed by atoms with E-state index >= 15 is 0 Å². The lowest BCUT2D eigenvalue weighted by molar-refractivity contribution is -0.131. The van der Waals surface area contributed by atoms with Gasteiger partial charge in [0.15, 0.2) is 0 Å². The Labute approximate surface area is 120 Å². The number of carbonyl (C=O) groups is 2. The van der Waals surface area contributed by atoms with Gasteiger partial charge in [-0.25, -0.2) is 0 Å². The van der Waals surface area contributed by atoms with Crippen LogP contribution in [0.15, 0.2) is 0 Å². The number of carbonyl (C=O) groups excluding carboxylic acids is 2. The Hall–Kier alpha value is -1.14. The summed E-state index contributed by atoms with van der Waals surface area (Å²) in [6.45, 7) is 4.67. The van der Waals surface area contributed by atoms with Gasteiger partial charge >= 0.3 is 0 Å². The van der Waals surface area contributed by atoms with Gasteiger partial charge in [0.05, 0.1) is 19.1 Å². The van der Waals surface area contributed by atoms with Crippen molar-refractivity contribution in [2.45, 2.75) is 44.7 Å². The third-order valence-corrected chi connectivity index (χ3v) is 3.93. The highest BCUT2D eigenvalue weighted by Gasteiger charge is 2.35. The smallest absolute Gasteiger partial charge is 0.242 e. The normalized spacial score (nSPS) is 30.6. The summed E-state index contributed by atoms with van der Waals surface area (Å²) in [4.78, 5) is 24.2. The molecule has 0 radical (unpaired) electrons. The van der Waals surface area contributed by atoms with Gasteiger partial charge in [0.2, 0.25) is 11.8 Å². The van der Waals surface area contributed by atoms with E-state index < -0.39 is 6.04 Å². The minimum absolute atomic E-state index is 0.0591. The summed E-state index contributed by atoms with van der Waals surface area (Å²) in [6, 6.07) is -0.332. The molecule has 0 aromatic rings. The highest BCUT2D eigenvalue weighted by molar-refractivity contribution is 5.89. The Balaban J connectivity index is 1.87. The predicted octanol–water partition coefficient (Wildman–Crippen LogP) is -0.214. The van der Waals surface area contributed by atoms with Gasteiger partial charge in [0.25, 0.3) is 0 Å². The summed E-state index contributed by atoms with van der Waals surface area (Å²) in [5.41, 5.74) is 0. The fraction of sp³-hybridized carbons (Fsp3) is 0.857. The average molecular weight is 283 g/mol. The number of amides is 2. The van der Waals surface area contributed by atoms with Crippen molar-refractivity contribution in [2.24, 2.45) is 5.92 Å². The van der Waals surface area contributed by atoms with E-state index in [1.807, 2.05) is 0 Å². The molecule has 6 heteroatoms. The van der Waals surface area contributed by atoms with Crippen molar-refractivity contribution < 1.29 is 14.3 Å². The van der Waals surface area contributed by atoms with Crippen LogP contribution in [-0.4, -0.2) is 50.2 Å². The van der Waals surface area contributed by atoms with Crippen molar-refractivity contribution in [3.8, 4) is 0 Å². The second-order valence-corrected chi connectivity index (χ2v) is 5.55. The van der Waals surface area contributed by atoms with Crippen molar-refractivity contribution in [1.82, 2.24) is 16.0 Å². The maximum atomic E-state index is 12.3. The lowest BCUT2D eigenvalue weighted by Crippen LogP contribution is -2.51. The first-order chi connectivity index (χ1) is 9.72. The predicted molar refractivity (Wildman–Crippen MR) is 75.2 cm³/mol. The van der Waals surface area contributed by atoms with Crippen LogP contribution < -0.4 is 16.0 Å². The molecular weight excluding hydrogens is 258 g/mol.